The Morgan fingerprint density at radius 3 is 2.86 bits per heavy atom. The molecule has 0 radical (unpaired) electrons. The first kappa shape index (κ1) is 11.3. The summed E-state index contributed by atoms with van der Waals surface area (Å²) >= 11 is 0. The van der Waals surface area contributed by atoms with Crippen molar-refractivity contribution in [2.75, 3.05) is 6.54 Å². The van der Waals surface area contributed by atoms with Crippen molar-refractivity contribution in [1.82, 2.24) is 9.88 Å². The summed E-state index contributed by atoms with van der Waals surface area (Å²) in [7, 11) is 0. The standard InChI is InChI=1S/C12H22N2/c1-4-7-13-9-12-6-8-14(10-12)11(3)5-2/h6,8,10-11,13H,4-5,7,9H2,1-3H3/t11-/m1/s1. The molecule has 0 aromatic carbocycles. The van der Waals surface area contributed by atoms with Gasteiger partial charge in [0.15, 0.2) is 0 Å². The normalized spacial score (nSPS) is 13.1. The van der Waals surface area contributed by atoms with E-state index in [9.17, 15) is 0 Å². The molecule has 80 valence electrons. The summed E-state index contributed by atoms with van der Waals surface area (Å²) in [6.45, 7) is 8.77. The molecule has 2 nitrogen and oxygen atoms in total. The summed E-state index contributed by atoms with van der Waals surface area (Å²) in [6, 6.07) is 2.82. The fraction of sp³-hybridized carbons (Fsp3) is 0.667. The van der Waals surface area contributed by atoms with Crippen LogP contribution < -0.4 is 5.32 Å². The lowest BCUT2D eigenvalue weighted by Crippen LogP contribution is -2.13. The van der Waals surface area contributed by atoms with Gasteiger partial charge in [-0.15, -0.1) is 0 Å². The Kier molecular flexibility index (Phi) is 4.74. The Balaban J connectivity index is 2.42. The molecular formula is C12H22N2. The van der Waals surface area contributed by atoms with Crippen molar-refractivity contribution in [3.63, 3.8) is 0 Å². The average molecular weight is 194 g/mol. The van der Waals surface area contributed by atoms with Crippen LogP contribution in [0.15, 0.2) is 18.5 Å². The van der Waals surface area contributed by atoms with Crippen LogP contribution in [0.25, 0.3) is 0 Å². The highest BCUT2D eigenvalue weighted by molar-refractivity contribution is 5.10. The van der Waals surface area contributed by atoms with Crippen LogP contribution in [0, 0.1) is 0 Å². The maximum atomic E-state index is 3.41. The van der Waals surface area contributed by atoms with Crippen LogP contribution in [0.4, 0.5) is 0 Å². The highest BCUT2D eigenvalue weighted by Crippen LogP contribution is 2.12. The quantitative estimate of drug-likeness (QED) is 0.689. The van der Waals surface area contributed by atoms with Gasteiger partial charge in [0.05, 0.1) is 0 Å². The van der Waals surface area contributed by atoms with Gasteiger partial charge in [-0.1, -0.05) is 13.8 Å². The van der Waals surface area contributed by atoms with Crippen molar-refractivity contribution >= 4 is 0 Å². The van der Waals surface area contributed by atoms with Gasteiger partial charge in [-0.05, 0) is 37.9 Å². The molecule has 0 aliphatic heterocycles. The fourth-order valence-electron chi connectivity index (χ4n) is 1.46. The topological polar surface area (TPSA) is 17.0 Å². The first-order valence-electron chi connectivity index (χ1n) is 5.65. The van der Waals surface area contributed by atoms with Gasteiger partial charge in [0.1, 0.15) is 0 Å². The zero-order valence-corrected chi connectivity index (χ0v) is 9.59. The molecule has 0 saturated carbocycles. The minimum atomic E-state index is 0.620. The van der Waals surface area contributed by atoms with Crippen LogP contribution in [0.5, 0.6) is 0 Å². The van der Waals surface area contributed by atoms with E-state index in [-0.39, 0.29) is 0 Å². The molecule has 14 heavy (non-hydrogen) atoms. The predicted octanol–water partition coefficient (Wildman–Crippen LogP) is 2.96. The molecule has 0 spiro atoms. The first-order valence-corrected chi connectivity index (χ1v) is 5.65. The van der Waals surface area contributed by atoms with E-state index in [2.05, 4.69) is 49.1 Å². The van der Waals surface area contributed by atoms with Crippen LogP contribution in [-0.4, -0.2) is 11.1 Å². The van der Waals surface area contributed by atoms with Gasteiger partial charge in [0, 0.05) is 25.0 Å². The van der Waals surface area contributed by atoms with Crippen molar-refractivity contribution in [2.45, 2.75) is 46.2 Å². The van der Waals surface area contributed by atoms with E-state index in [4.69, 9.17) is 0 Å². The van der Waals surface area contributed by atoms with Gasteiger partial charge in [0.25, 0.3) is 0 Å². The molecule has 0 unspecified atom stereocenters. The Hall–Kier alpha value is -0.760. The van der Waals surface area contributed by atoms with E-state index in [0.29, 0.717) is 6.04 Å². The zero-order chi connectivity index (χ0) is 10.4. The van der Waals surface area contributed by atoms with E-state index in [1.165, 1.54) is 18.4 Å². The van der Waals surface area contributed by atoms with Crippen LogP contribution in [0.3, 0.4) is 0 Å². The molecule has 1 N–H and O–H groups in total. The molecule has 1 aromatic heterocycles. The minimum Gasteiger partial charge on any atom is -0.351 e. The third-order valence-corrected chi connectivity index (χ3v) is 2.63. The number of nitrogens with one attached hydrogen (secondary N) is 1. The molecule has 0 fully saturated rings. The smallest absolute Gasteiger partial charge is 0.0299 e. The molecule has 2 heteroatoms. The van der Waals surface area contributed by atoms with Crippen molar-refractivity contribution < 1.29 is 0 Å². The molecule has 1 rings (SSSR count). The molecule has 0 amide bonds. The maximum Gasteiger partial charge on any atom is 0.0299 e. The highest BCUT2D eigenvalue weighted by atomic mass is 15.0. The van der Waals surface area contributed by atoms with Crippen molar-refractivity contribution in [1.29, 1.82) is 0 Å². The third kappa shape index (κ3) is 3.18. The molecule has 0 aliphatic rings. The van der Waals surface area contributed by atoms with Gasteiger partial charge in [-0.3, -0.25) is 0 Å². The second-order valence-electron chi connectivity index (χ2n) is 3.90. The van der Waals surface area contributed by atoms with E-state index < -0.39 is 0 Å². The van der Waals surface area contributed by atoms with E-state index >= 15 is 0 Å². The lowest BCUT2D eigenvalue weighted by Gasteiger charge is -2.09. The van der Waals surface area contributed by atoms with E-state index in [1.54, 1.807) is 0 Å². The number of hydrogen-bond acceptors (Lipinski definition) is 1. The fourth-order valence-corrected chi connectivity index (χ4v) is 1.46. The van der Waals surface area contributed by atoms with E-state index in [0.717, 1.165) is 13.1 Å². The Morgan fingerprint density at radius 1 is 1.43 bits per heavy atom. The summed E-state index contributed by atoms with van der Waals surface area (Å²) < 4.78 is 2.29. The molecule has 1 aromatic rings. The summed E-state index contributed by atoms with van der Waals surface area (Å²) in [6.07, 6.45) is 6.82. The number of aromatic nitrogens is 1. The van der Waals surface area contributed by atoms with Crippen LogP contribution in [0.2, 0.25) is 0 Å². The molecule has 0 saturated heterocycles. The minimum absolute atomic E-state index is 0.620. The second kappa shape index (κ2) is 5.86. The van der Waals surface area contributed by atoms with Gasteiger partial charge >= 0.3 is 0 Å². The van der Waals surface area contributed by atoms with Crippen LogP contribution in [0.1, 0.15) is 45.2 Å². The van der Waals surface area contributed by atoms with Crippen molar-refractivity contribution in [3.05, 3.63) is 24.0 Å². The average Bonchev–Trinajstić information content (AvgIpc) is 2.66. The molecule has 0 bridgehead atoms. The summed E-state index contributed by atoms with van der Waals surface area (Å²) in [5.74, 6) is 0. The van der Waals surface area contributed by atoms with Crippen LogP contribution in [-0.2, 0) is 6.54 Å². The predicted molar refractivity (Wildman–Crippen MR) is 61.4 cm³/mol. The molecule has 1 atom stereocenters. The lowest BCUT2D eigenvalue weighted by molar-refractivity contribution is 0.531. The largest absolute Gasteiger partial charge is 0.351 e. The molecular weight excluding hydrogens is 172 g/mol. The van der Waals surface area contributed by atoms with Gasteiger partial charge in [-0.2, -0.15) is 0 Å². The highest BCUT2D eigenvalue weighted by Gasteiger charge is 2.01. The van der Waals surface area contributed by atoms with Gasteiger partial charge in [-0.25, -0.2) is 0 Å². The number of nitrogens with zero attached hydrogens (tertiary/aromatic N) is 1. The summed E-state index contributed by atoms with van der Waals surface area (Å²) in [5.41, 5.74) is 1.39. The first-order chi connectivity index (χ1) is 6.77. The Morgan fingerprint density at radius 2 is 2.21 bits per heavy atom. The van der Waals surface area contributed by atoms with E-state index in [1.807, 2.05) is 0 Å². The molecule has 1 heterocycles. The maximum absolute atomic E-state index is 3.41. The summed E-state index contributed by atoms with van der Waals surface area (Å²) in [5, 5.41) is 3.41. The summed E-state index contributed by atoms with van der Waals surface area (Å²) in [4.78, 5) is 0. The SMILES string of the molecule is CCCNCc1ccn([C@H](C)CC)c1. The van der Waals surface area contributed by atoms with Gasteiger partial charge in [0.2, 0.25) is 0 Å². The Bertz CT molecular complexity index is 253. The van der Waals surface area contributed by atoms with Gasteiger partial charge < -0.3 is 9.88 Å². The zero-order valence-electron chi connectivity index (χ0n) is 9.59. The Labute approximate surface area is 87.3 Å². The lowest BCUT2D eigenvalue weighted by atomic mass is 10.2. The number of rotatable bonds is 6. The second-order valence-corrected chi connectivity index (χ2v) is 3.90. The monoisotopic (exact) mass is 194 g/mol. The van der Waals surface area contributed by atoms with Crippen LogP contribution >= 0.6 is 0 Å². The third-order valence-electron chi connectivity index (χ3n) is 2.63. The molecule has 0 aliphatic carbocycles. The van der Waals surface area contributed by atoms with Crippen molar-refractivity contribution in [3.8, 4) is 0 Å². The number of hydrogen-bond donors (Lipinski definition) is 1. The van der Waals surface area contributed by atoms with Crippen molar-refractivity contribution in [2.24, 2.45) is 0 Å².